The molecule has 0 aromatic heterocycles. The van der Waals surface area contributed by atoms with Gasteiger partial charge >= 0.3 is 0 Å². The van der Waals surface area contributed by atoms with Gasteiger partial charge in [-0.15, -0.1) is 0 Å². The third-order valence-corrected chi connectivity index (χ3v) is 6.10. The van der Waals surface area contributed by atoms with Crippen molar-refractivity contribution < 1.29 is 22.4 Å². The molecule has 0 radical (unpaired) electrons. The van der Waals surface area contributed by atoms with Crippen LogP contribution >= 0.6 is 12.2 Å². The van der Waals surface area contributed by atoms with E-state index in [0.29, 0.717) is 37.2 Å². The van der Waals surface area contributed by atoms with Gasteiger partial charge in [-0.25, -0.2) is 17.9 Å². The SMILES string of the molecule is NS(=O)(=O)c1ccc(C(=O)N2CCC(C(=O)NNC(=S)Nc3cccc(F)c3)CC2)cc1. The molecule has 0 aliphatic carbocycles. The first-order chi connectivity index (χ1) is 15.1. The molecule has 1 fully saturated rings. The molecular formula is C20H22FN5O4S2. The summed E-state index contributed by atoms with van der Waals surface area (Å²) in [4.78, 5) is 26.6. The number of piperidine rings is 1. The summed E-state index contributed by atoms with van der Waals surface area (Å²) in [6.07, 6.45) is 0.914. The molecular weight excluding hydrogens is 457 g/mol. The number of amides is 2. The molecule has 1 aliphatic rings. The number of halogens is 1. The third kappa shape index (κ3) is 6.22. The van der Waals surface area contributed by atoms with Crippen molar-refractivity contribution in [1.82, 2.24) is 15.8 Å². The predicted octanol–water partition coefficient (Wildman–Crippen LogP) is 1.34. The molecule has 0 unspecified atom stereocenters. The fourth-order valence-corrected chi connectivity index (χ4v) is 3.95. The van der Waals surface area contributed by atoms with Gasteiger partial charge in [0, 0.05) is 30.3 Å². The average Bonchev–Trinajstić information content (AvgIpc) is 2.76. The lowest BCUT2D eigenvalue weighted by Gasteiger charge is -2.31. The summed E-state index contributed by atoms with van der Waals surface area (Å²) in [6, 6.07) is 11.1. The molecule has 1 saturated heterocycles. The quantitative estimate of drug-likeness (QED) is 0.384. The van der Waals surface area contributed by atoms with E-state index in [1.54, 1.807) is 11.0 Å². The monoisotopic (exact) mass is 479 g/mol. The number of carbonyl (C=O) groups excluding carboxylic acids is 2. The Morgan fingerprint density at radius 2 is 1.72 bits per heavy atom. The highest BCUT2D eigenvalue weighted by atomic mass is 32.2. The van der Waals surface area contributed by atoms with Gasteiger partial charge in [0.25, 0.3) is 5.91 Å². The molecule has 3 rings (SSSR count). The second-order valence-electron chi connectivity index (χ2n) is 7.21. The summed E-state index contributed by atoms with van der Waals surface area (Å²) in [7, 11) is -3.82. The lowest BCUT2D eigenvalue weighted by molar-refractivity contribution is -0.126. The van der Waals surface area contributed by atoms with Crippen LogP contribution in [-0.4, -0.2) is 43.3 Å². The minimum absolute atomic E-state index is 0.0678. The molecule has 0 atom stereocenters. The molecule has 2 aromatic rings. The average molecular weight is 480 g/mol. The smallest absolute Gasteiger partial charge is 0.253 e. The summed E-state index contributed by atoms with van der Waals surface area (Å²) >= 11 is 5.08. The Hall–Kier alpha value is -3.09. The molecule has 0 saturated carbocycles. The number of likely N-dealkylation sites (tertiary alicyclic amines) is 1. The molecule has 5 N–H and O–H groups in total. The predicted molar refractivity (Wildman–Crippen MR) is 120 cm³/mol. The van der Waals surface area contributed by atoms with Gasteiger partial charge in [-0.05, 0) is 67.5 Å². The molecule has 0 bridgehead atoms. The zero-order valence-corrected chi connectivity index (χ0v) is 18.5. The number of hydrogen-bond acceptors (Lipinski definition) is 5. The van der Waals surface area contributed by atoms with Gasteiger partial charge in [-0.1, -0.05) is 6.07 Å². The number of thiocarbonyl (C=S) groups is 1. The van der Waals surface area contributed by atoms with Crippen molar-refractivity contribution in [3.8, 4) is 0 Å². The number of nitrogens with one attached hydrogen (secondary N) is 3. The minimum atomic E-state index is -3.82. The molecule has 170 valence electrons. The van der Waals surface area contributed by atoms with Crippen LogP contribution in [0.25, 0.3) is 0 Å². The van der Waals surface area contributed by atoms with Gasteiger partial charge in [0.05, 0.1) is 4.90 Å². The number of hydrazine groups is 1. The molecule has 2 amide bonds. The second kappa shape index (κ2) is 10.0. The minimum Gasteiger partial charge on any atom is -0.339 e. The number of hydrogen-bond donors (Lipinski definition) is 4. The fraction of sp³-hybridized carbons (Fsp3) is 0.250. The Kier molecular flexibility index (Phi) is 7.38. The number of carbonyl (C=O) groups is 2. The van der Waals surface area contributed by atoms with Crippen LogP contribution < -0.4 is 21.3 Å². The maximum absolute atomic E-state index is 13.2. The summed E-state index contributed by atoms with van der Waals surface area (Å²) in [5, 5.41) is 7.94. The largest absolute Gasteiger partial charge is 0.339 e. The zero-order valence-electron chi connectivity index (χ0n) is 16.9. The van der Waals surface area contributed by atoms with E-state index in [1.807, 2.05) is 0 Å². The number of benzene rings is 2. The van der Waals surface area contributed by atoms with Crippen LogP contribution in [0.4, 0.5) is 10.1 Å². The maximum atomic E-state index is 13.2. The van der Waals surface area contributed by atoms with Crippen molar-refractivity contribution in [3.63, 3.8) is 0 Å². The molecule has 2 aromatic carbocycles. The number of sulfonamides is 1. The Balaban J connectivity index is 1.46. The highest BCUT2D eigenvalue weighted by Crippen LogP contribution is 2.20. The Morgan fingerprint density at radius 1 is 1.06 bits per heavy atom. The lowest BCUT2D eigenvalue weighted by atomic mass is 9.95. The van der Waals surface area contributed by atoms with Gasteiger partial charge in [0.1, 0.15) is 5.82 Å². The maximum Gasteiger partial charge on any atom is 0.253 e. The summed E-state index contributed by atoms with van der Waals surface area (Å²) < 4.78 is 35.9. The molecule has 32 heavy (non-hydrogen) atoms. The van der Waals surface area contributed by atoms with E-state index in [2.05, 4.69) is 16.2 Å². The topological polar surface area (TPSA) is 134 Å². The van der Waals surface area contributed by atoms with Crippen LogP contribution in [-0.2, 0) is 14.8 Å². The fourth-order valence-electron chi connectivity index (χ4n) is 3.26. The Morgan fingerprint density at radius 3 is 2.31 bits per heavy atom. The van der Waals surface area contributed by atoms with E-state index in [9.17, 15) is 22.4 Å². The van der Waals surface area contributed by atoms with Crippen molar-refractivity contribution in [2.75, 3.05) is 18.4 Å². The number of anilines is 1. The number of nitrogens with two attached hydrogens (primary N) is 1. The van der Waals surface area contributed by atoms with E-state index in [0.717, 1.165) is 0 Å². The van der Waals surface area contributed by atoms with Gasteiger partial charge in [0.15, 0.2) is 5.11 Å². The van der Waals surface area contributed by atoms with Crippen molar-refractivity contribution in [1.29, 1.82) is 0 Å². The Bertz CT molecular complexity index is 1120. The molecule has 12 heteroatoms. The number of rotatable bonds is 4. The molecule has 1 heterocycles. The number of primary sulfonamides is 1. The van der Waals surface area contributed by atoms with E-state index in [-0.39, 0.29) is 27.7 Å². The van der Waals surface area contributed by atoms with E-state index < -0.39 is 15.8 Å². The zero-order chi connectivity index (χ0) is 23.3. The normalized spacial score (nSPS) is 14.5. The standard InChI is InChI=1S/C20H22FN5O4S2/c21-15-2-1-3-16(12-15)23-20(31)25-24-18(27)13-8-10-26(11-9-13)19(28)14-4-6-17(7-5-14)32(22,29)30/h1-7,12-13H,8-11H2,(H,24,27)(H2,22,29,30)(H2,23,25,31). The molecule has 1 aliphatic heterocycles. The van der Waals surface area contributed by atoms with Gasteiger partial charge in [-0.2, -0.15) is 0 Å². The third-order valence-electron chi connectivity index (χ3n) is 4.96. The van der Waals surface area contributed by atoms with Crippen molar-refractivity contribution in [2.45, 2.75) is 17.7 Å². The van der Waals surface area contributed by atoms with Gasteiger partial charge in [-0.3, -0.25) is 20.4 Å². The summed E-state index contributed by atoms with van der Waals surface area (Å²) in [5.41, 5.74) is 5.90. The van der Waals surface area contributed by atoms with Crippen molar-refractivity contribution in [2.24, 2.45) is 11.1 Å². The molecule has 9 nitrogen and oxygen atoms in total. The first-order valence-corrected chi connectivity index (χ1v) is 11.6. The van der Waals surface area contributed by atoms with E-state index in [4.69, 9.17) is 17.4 Å². The van der Waals surface area contributed by atoms with Crippen LogP contribution in [0.2, 0.25) is 0 Å². The van der Waals surface area contributed by atoms with Crippen molar-refractivity contribution >= 4 is 44.9 Å². The van der Waals surface area contributed by atoms with Crippen LogP contribution in [0.15, 0.2) is 53.4 Å². The van der Waals surface area contributed by atoms with Crippen LogP contribution in [0.5, 0.6) is 0 Å². The summed E-state index contributed by atoms with van der Waals surface area (Å²) in [5.74, 6) is -1.24. The molecule has 0 spiro atoms. The van der Waals surface area contributed by atoms with Crippen LogP contribution in [0.1, 0.15) is 23.2 Å². The summed E-state index contributed by atoms with van der Waals surface area (Å²) in [6.45, 7) is 0.750. The first-order valence-electron chi connectivity index (χ1n) is 9.68. The lowest BCUT2D eigenvalue weighted by Crippen LogP contribution is -2.49. The van der Waals surface area contributed by atoms with E-state index >= 15 is 0 Å². The van der Waals surface area contributed by atoms with Crippen LogP contribution in [0.3, 0.4) is 0 Å². The Labute approximate surface area is 190 Å². The van der Waals surface area contributed by atoms with Crippen molar-refractivity contribution in [3.05, 3.63) is 59.9 Å². The number of nitrogens with zero attached hydrogens (tertiary/aromatic N) is 1. The second-order valence-corrected chi connectivity index (χ2v) is 9.18. The van der Waals surface area contributed by atoms with E-state index in [1.165, 1.54) is 42.5 Å². The van der Waals surface area contributed by atoms with Gasteiger partial charge < -0.3 is 10.2 Å². The first kappa shape index (κ1) is 23.6. The highest BCUT2D eigenvalue weighted by Gasteiger charge is 2.28. The van der Waals surface area contributed by atoms with Crippen LogP contribution in [0, 0.1) is 11.7 Å². The highest BCUT2D eigenvalue weighted by molar-refractivity contribution is 7.89. The van der Waals surface area contributed by atoms with Gasteiger partial charge in [0.2, 0.25) is 15.9 Å².